The van der Waals surface area contributed by atoms with Crippen molar-refractivity contribution < 1.29 is 9.53 Å². The van der Waals surface area contributed by atoms with E-state index in [1.54, 1.807) is 16.7 Å². The third kappa shape index (κ3) is 4.09. The van der Waals surface area contributed by atoms with Crippen LogP contribution in [0.5, 0.6) is 0 Å². The highest BCUT2D eigenvalue weighted by molar-refractivity contribution is 7.98. The lowest BCUT2D eigenvalue weighted by atomic mass is 10.1. The van der Waals surface area contributed by atoms with Gasteiger partial charge in [0.2, 0.25) is 0 Å². The fourth-order valence-electron chi connectivity index (χ4n) is 3.31. The summed E-state index contributed by atoms with van der Waals surface area (Å²) in [5, 5.41) is 1.53. The van der Waals surface area contributed by atoms with Crippen LogP contribution in [0.15, 0.2) is 57.2 Å². The molecule has 0 radical (unpaired) electrons. The molecule has 0 aliphatic heterocycles. The van der Waals surface area contributed by atoms with Crippen LogP contribution in [-0.4, -0.2) is 32.6 Å². The number of ether oxygens (including phenoxy) is 1. The van der Waals surface area contributed by atoms with E-state index in [0.29, 0.717) is 50.6 Å². The van der Waals surface area contributed by atoms with Gasteiger partial charge in [0.25, 0.3) is 11.1 Å². The van der Waals surface area contributed by atoms with Gasteiger partial charge in [0.15, 0.2) is 5.16 Å². The predicted molar refractivity (Wildman–Crippen MR) is 120 cm³/mol. The van der Waals surface area contributed by atoms with E-state index in [1.807, 2.05) is 25.1 Å². The SMILES string of the molecule is CCCn1c(SCc2nc3cc(C(=O)OC)ccc3c(=O)[nH]2)nc2ccccc2c1=O. The minimum Gasteiger partial charge on any atom is -0.465 e. The molecule has 0 aliphatic carbocycles. The fourth-order valence-corrected chi connectivity index (χ4v) is 4.21. The van der Waals surface area contributed by atoms with Crippen molar-refractivity contribution in [3.63, 3.8) is 0 Å². The first-order valence-electron chi connectivity index (χ1n) is 9.75. The lowest BCUT2D eigenvalue weighted by Gasteiger charge is -2.12. The number of fused-ring (bicyclic) bond motifs is 2. The number of rotatable bonds is 6. The van der Waals surface area contributed by atoms with E-state index in [9.17, 15) is 14.4 Å². The number of benzene rings is 2. The van der Waals surface area contributed by atoms with Gasteiger partial charge in [0, 0.05) is 6.54 Å². The zero-order chi connectivity index (χ0) is 22.0. The number of esters is 1. The van der Waals surface area contributed by atoms with Crippen LogP contribution in [0.1, 0.15) is 29.5 Å². The second-order valence-electron chi connectivity index (χ2n) is 6.89. The normalized spacial score (nSPS) is 11.2. The molecule has 31 heavy (non-hydrogen) atoms. The number of H-pyrrole nitrogens is 1. The molecule has 2 aromatic carbocycles. The van der Waals surface area contributed by atoms with Gasteiger partial charge >= 0.3 is 5.97 Å². The van der Waals surface area contributed by atoms with Gasteiger partial charge in [-0.15, -0.1) is 0 Å². The maximum absolute atomic E-state index is 12.9. The van der Waals surface area contributed by atoms with Gasteiger partial charge in [-0.1, -0.05) is 30.8 Å². The van der Waals surface area contributed by atoms with Crippen molar-refractivity contribution in [3.8, 4) is 0 Å². The predicted octanol–water partition coefficient (Wildman–Crippen LogP) is 3.12. The largest absolute Gasteiger partial charge is 0.465 e. The molecule has 4 aromatic rings. The Morgan fingerprint density at radius 2 is 1.90 bits per heavy atom. The van der Waals surface area contributed by atoms with Crippen LogP contribution in [0.25, 0.3) is 21.8 Å². The van der Waals surface area contributed by atoms with E-state index in [1.165, 1.54) is 31.0 Å². The van der Waals surface area contributed by atoms with Crippen LogP contribution in [0, 0.1) is 0 Å². The highest BCUT2D eigenvalue weighted by Gasteiger charge is 2.13. The van der Waals surface area contributed by atoms with Crippen LogP contribution in [0.2, 0.25) is 0 Å². The zero-order valence-corrected chi connectivity index (χ0v) is 17.9. The summed E-state index contributed by atoms with van der Waals surface area (Å²) in [7, 11) is 1.30. The van der Waals surface area contributed by atoms with Crippen LogP contribution >= 0.6 is 11.8 Å². The summed E-state index contributed by atoms with van der Waals surface area (Å²) in [6.45, 7) is 2.54. The van der Waals surface area contributed by atoms with Gasteiger partial charge in [-0.05, 0) is 36.8 Å². The number of nitrogens with one attached hydrogen (secondary N) is 1. The van der Waals surface area contributed by atoms with E-state index in [-0.39, 0.29) is 11.1 Å². The Hall–Kier alpha value is -3.46. The van der Waals surface area contributed by atoms with Crippen molar-refractivity contribution in [1.82, 2.24) is 19.5 Å². The summed E-state index contributed by atoms with van der Waals surface area (Å²) in [5.41, 5.74) is 0.969. The molecule has 1 N–H and O–H groups in total. The number of aromatic amines is 1. The number of carbonyl (C=O) groups excluding carboxylic acids is 1. The van der Waals surface area contributed by atoms with E-state index >= 15 is 0 Å². The number of nitrogens with zero attached hydrogens (tertiary/aromatic N) is 3. The van der Waals surface area contributed by atoms with Crippen LogP contribution in [0.3, 0.4) is 0 Å². The fraction of sp³-hybridized carbons (Fsp3) is 0.227. The van der Waals surface area contributed by atoms with Crippen molar-refractivity contribution in [2.75, 3.05) is 7.11 Å². The third-order valence-electron chi connectivity index (χ3n) is 4.79. The van der Waals surface area contributed by atoms with Gasteiger partial charge in [0.1, 0.15) is 5.82 Å². The third-order valence-corrected chi connectivity index (χ3v) is 5.78. The Labute approximate surface area is 181 Å². The molecule has 0 spiro atoms. The van der Waals surface area contributed by atoms with Crippen molar-refractivity contribution >= 4 is 39.5 Å². The zero-order valence-electron chi connectivity index (χ0n) is 17.0. The first-order chi connectivity index (χ1) is 15.0. The molecule has 0 saturated carbocycles. The molecule has 158 valence electrons. The topological polar surface area (TPSA) is 107 Å². The summed E-state index contributed by atoms with van der Waals surface area (Å²) >= 11 is 1.33. The van der Waals surface area contributed by atoms with Crippen LogP contribution < -0.4 is 11.1 Å². The van der Waals surface area contributed by atoms with E-state index < -0.39 is 5.97 Å². The Balaban J connectivity index is 1.71. The summed E-state index contributed by atoms with van der Waals surface area (Å²) < 4.78 is 6.39. The Bertz CT molecular complexity index is 1410. The monoisotopic (exact) mass is 436 g/mol. The molecule has 4 rings (SSSR count). The lowest BCUT2D eigenvalue weighted by molar-refractivity contribution is 0.0601. The summed E-state index contributed by atoms with van der Waals surface area (Å²) in [5.74, 6) is 0.237. The quantitative estimate of drug-likeness (QED) is 0.281. The van der Waals surface area contributed by atoms with E-state index in [0.717, 1.165) is 6.42 Å². The summed E-state index contributed by atoms with van der Waals surface area (Å²) in [4.78, 5) is 49.1. The van der Waals surface area contributed by atoms with Crippen molar-refractivity contribution in [1.29, 1.82) is 0 Å². The molecular formula is C22H20N4O4S. The van der Waals surface area contributed by atoms with Gasteiger partial charge in [-0.2, -0.15) is 0 Å². The first kappa shape index (κ1) is 20.8. The number of hydrogen-bond donors (Lipinski definition) is 1. The van der Waals surface area contributed by atoms with Gasteiger partial charge in [0.05, 0.1) is 40.2 Å². The standard InChI is InChI=1S/C22H20N4O4S/c1-3-10-26-20(28)15-6-4-5-7-16(15)24-22(26)31-12-18-23-17-11-13(21(29)30-2)8-9-14(17)19(27)25-18/h4-9,11H,3,10,12H2,1-2H3,(H,23,25,27). The smallest absolute Gasteiger partial charge is 0.337 e. The highest BCUT2D eigenvalue weighted by atomic mass is 32.2. The second-order valence-corrected chi connectivity index (χ2v) is 7.84. The van der Waals surface area contributed by atoms with Gasteiger partial charge in [-0.25, -0.2) is 14.8 Å². The summed E-state index contributed by atoms with van der Waals surface area (Å²) in [6, 6.07) is 11.9. The average Bonchev–Trinajstić information content (AvgIpc) is 2.79. The maximum atomic E-state index is 12.9. The van der Waals surface area contributed by atoms with Gasteiger partial charge < -0.3 is 9.72 Å². The maximum Gasteiger partial charge on any atom is 0.337 e. The highest BCUT2D eigenvalue weighted by Crippen LogP contribution is 2.22. The number of methoxy groups -OCH3 is 1. The molecule has 8 nitrogen and oxygen atoms in total. The number of thioether (sulfide) groups is 1. The summed E-state index contributed by atoms with van der Waals surface area (Å²) in [6.07, 6.45) is 0.787. The lowest BCUT2D eigenvalue weighted by Crippen LogP contribution is -2.23. The number of carbonyl (C=O) groups is 1. The Morgan fingerprint density at radius 3 is 2.68 bits per heavy atom. The molecule has 2 aromatic heterocycles. The van der Waals surface area contributed by atoms with Crippen LogP contribution in [0.4, 0.5) is 0 Å². The van der Waals surface area contributed by atoms with E-state index in [2.05, 4.69) is 15.0 Å². The molecular weight excluding hydrogens is 416 g/mol. The molecule has 0 amide bonds. The average molecular weight is 436 g/mol. The van der Waals surface area contributed by atoms with Crippen molar-refractivity contribution in [2.24, 2.45) is 0 Å². The number of para-hydroxylation sites is 1. The van der Waals surface area contributed by atoms with E-state index in [4.69, 9.17) is 4.74 Å². The first-order valence-corrected chi connectivity index (χ1v) is 10.7. The molecule has 0 bridgehead atoms. The minimum absolute atomic E-state index is 0.0855. The van der Waals surface area contributed by atoms with Crippen molar-refractivity contribution in [2.45, 2.75) is 30.8 Å². The van der Waals surface area contributed by atoms with Crippen molar-refractivity contribution in [3.05, 3.63) is 74.6 Å². The molecule has 2 heterocycles. The van der Waals surface area contributed by atoms with Crippen LogP contribution in [-0.2, 0) is 17.0 Å². The second kappa shape index (κ2) is 8.73. The molecule has 0 fully saturated rings. The van der Waals surface area contributed by atoms with Gasteiger partial charge in [-0.3, -0.25) is 14.2 Å². The molecule has 0 saturated heterocycles. The Morgan fingerprint density at radius 1 is 1.10 bits per heavy atom. The molecule has 0 atom stereocenters. The molecule has 0 unspecified atom stereocenters. The Kier molecular flexibility index (Phi) is 5.85. The molecule has 9 heteroatoms. The molecule has 0 aliphatic rings. The number of aromatic nitrogens is 4. The minimum atomic E-state index is -0.496. The number of hydrogen-bond acceptors (Lipinski definition) is 7.